The van der Waals surface area contributed by atoms with Crippen molar-refractivity contribution < 1.29 is 23.9 Å². The van der Waals surface area contributed by atoms with E-state index in [1.54, 1.807) is 36.4 Å². The fourth-order valence-corrected chi connectivity index (χ4v) is 4.10. The first-order valence-corrected chi connectivity index (χ1v) is 14.0. The number of methoxy groups -OCH3 is 1. The monoisotopic (exact) mass is 587 g/mol. The zero-order valence-electron chi connectivity index (χ0n) is 22.3. The Labute approximate surface area is 233 Å². The minimum Gasteiger partial charge on any atom is -0.493 e. The zero-order valence-corrected chi connectivity index (χ0v) is 23.8. The first kappa shape index (κ1) is 31.0. The first-order valence-electron chi connectivity index (χ1n) is 13.2. The average molecular weight is 589 g/mol. The molecular weight excluding hydrogens is 550 g/mol. The maximum atomic E-state index is 12.4. The van der Waals surface area contributed by atoms with Crippen LogP contribution in [0.25, 0.3) is 0 Å². The van der Waals surface area contributed by atoms with E-state index < -0.39 is 11.9 Å². The fourth-order valence-electron chi connectivity index (χ4n) is 3.70. The molecule has 0 aliphatic carbocycles. The van der Waals surface area contributed by atoms with Crippen molar-refractivity contribution in [2.45, 2.75) is 71.1 Å². The third-order valence-corrected chi connectivity index (χ3v) is 6.30. The number of ether oxygens (including phenoxy) is 2. The molecule has 0 spiro atoms. The number of hydrogen-bond donors (Lipinski definition) is 2. The van der Waals surface area contributed by atoms with Gasteiger partial charge in [0, 0.05) is 10.9 Å². The second-order valence-electron chi connectivity index (χ2n) is 8.96. The molecule has 0 unspecified atom stereocenters. The third-order valence-electron chi connectivity index (χ3n) is 5.81. The number of esters is 1. The molecule has 0 aromatic heterocycles. The topological polar surface area (TPSA) is 106 Å². The van der Waals surface area contributed by atoms with E-state index in [9.17, 15) is 14.4 Å². The average Bonchev–Trinajstić information content (AvgIpc) is 2.91. The van der Waals surface area contributed by atoms with Crippen molar-refractivity contribution in [2.75, 3.05) is 13.7 Å². The third kappa shape index (κ3) is 12.4. The number of halogens is 1. The van der Waals surface area contributed by atoms with Crippen LogP contribution in [0.1, 0.15) is 87.1 Å². The molecular formula is C29H38BrN3O5. The predicted molar refractivity (Wildman–Crippen MR) is 153 cm³/mol. The van der Waals surface area contributed by atoms with Gasteiger partial charge in [-0.1, -0.05) is 80.3 Å². The number of benzene rings is 2. The largest absolute Gasteiger partial charge is 0.493 e. The molecule has 0 fully saturated rings. The second kappa shape index (κ2) is 18.1. The Morgan fingerprint density at radius 1 is 0.895 bits per heavy atom. The molecule has 0 aliphatic rings. The van der Waals surface area contributed by atoms with Gasteiger partial charge in [0.25, 0.3) is 5.91 Å². The second-order valence-corrected chi connectivity index (χ2v) is 9.87. The van der Waals surface area contributed by atoms with Crippen LogP contribution in [0, 0.1) is 0 Å². The molecule has 8 nitrogen and oxygen atoms in total. The molecule has 2 rings (SSSR count). The van der Waals surface area contributed by atoms with Crippen LogP contribution in [-0.4, -0.2) is 37.7 Å². The fraction of sp³-hybridized carbons (Fsp3) is 0.448. The highest BCUT2D eigenvalue weighted by Crippen LogP contribution is 2.28. The molecule has 0 atom stereocenters. The van der Waals surface area contributed by atoms with E-state index in [0.717, 1.165) is 23.7 Å². The molecule has 0 bridgehead atoms. The van der Waals surface area contributed by atoms with Gasteiger partial charge < -0.3 is 14.8 Å². The van der Waals surface area contributed by atoms with Crippen molar-refractivity contribution in [3.8, 4) is 11.5 Å². The lowest BCUT2D eigenvalue weighted by Gasteiger charge is -2.10. The summed E-state index contributed by atoms with van der Waals surface area (Å²) < 4.78 is 11.6. The van der Waals surface area contributed by atoms with Gasteiger partial charge in [0.1, 0.15) is 0 Å². The number of hydrogen-bond acceptors (Lipinski definition) is 6. The zero-order chi connectivity index (χ0) is 27.6. The van der Waals surface area contributed by atoms with Crippen LogP contribution in [0.4, 0.5) is 0 Å². The molecule has 2 aromatic carbocycles. The number of carbonyl (C=O) groups excluding carboxylic acids is 3. The molecule has 0 saturated heterocycles. The molecule has 0 heterocycles. The van der Waals surface area contributed by atoms with Gasteiger partial charge in [-0.05, 0) is 48.4 Å². The number of rotatable bonds is 17. The standard InChI is InChI=1S/C29H38BrN3O5/c1-3-4-5-6-7-8-9-10-11-15-27(34)31-21-28(35)33-32-20-22-16-17-25(26(18-22)37-2)38-29(36)23-13-12-14-24(30)19-23/h12-14,16-20H,3-11,15,21H2,1-2H3,(H,31,34)(H,33,35)/b32-20-. The summed E-state index contributed by atoms with van der Waals surface area (Å²) in [6.45, 7) is 2.08. The summed E-state index contributed by atoms with van der Waals surface area (Å²) in [5.74, 6) is -0.475. The molecule has 2 amide bonds. The quantitative estimate of drug-likeness (QED) is 0.0757. The molecule has 206 valence electrons. The van der Waals surface area contributed by atoms with Gasteiger partial charge in [-0.15, -0.1) is 0 Å². The Morgan fingerprint density at radius 3 is 2.29 bits per heavy atom. The van der Waals surface area contributed by atoms with E-state index >= 15 is 0 Å². The van der Waals surface area contributed by atoms with Crippen molar-refractivity contribution in [2.24, 2.45) is 5.10 Å². The molecule has 0 saturated carbocycles. The van der Waals surface area contributed by atoms with Gasteiger partial charge in [0.15, 0.2) is 11.5 Å². The van der Waals surface area contributed by atoms with Gasteiger partial charge in [0.2, 0.25) is 5.91 Å². The van der Waals surface area contributed by atoms with E-state index in [4.69, 9.17) is 9.47 Å². The summed E-state index contributed by atoms with van der Waals surface area (Å²) in [6, 6.07) is 11.8. The van der Waals surface area contributed by atoms with Crippen molar-refractivity contribution in [1.82, 2.24) is 10.7 Å². The summed E-state index contributed by atoms with van der Waals surface area (Å²) in [4.78, 5) is 36.4. The SMILES string of the molecule is CCCCCCCCCCCC(=O)NCC(=O)N/N=C\c1ccc(OC(=O)c2cccc(Br)c2)c(OC)c1. The highest BCUT2D eigenvalue weighted by atomic mass is 79.9. The lowest BCUT2D eigenvalue weighted by atomic mass is 10.1. The molecule has 2 aromatic rings. The highest BCUT2D eigenvalue weighted by molar-refractivity contribution is 9.10. The van der Waals surface area contributed by atoms with Crippen LogP contribution >= 0.6 is 15.9 Å². The summed E-state index contributed by atoms with van der Waals surface area (Å²) in [6.07, 6.45) is 12.5. The number of nitrogens with one attached hydrogen (secondary N) is 2. The predicted octanol–water partition coefficient (Wildman–Crippen LogP) is 6.16. The van der Waals surface area contributed by atoms with E-state index in [1.807, 2.05) is 6.07 Å². The number of unbranched alkanes of at least 4 members (excludes halogenated alkanes) is 8. The summed E-state index contributed by atoms with van der Waals surface area (Å²) in [7, 11) is 1.46. The van der Waals surface area contributed by atoms with Gasteiger partial charge in [0.05, 0.1) is 25.4 Å². The van der Waals surface area contributed by atoms with Crippen LogP contribution in [0.2, 0.25) is 0 Å². The molecule has 2 N–H and O–H groups in total. The van der Waals surface area contributed by atoms with E-state index in [-0.39, 0.29) is 18.2 Å². The smallest absolute Gasteiger partial charge is 0.343 e. The van der Waals surface area contributed by atoms with Gasteiger partial charge in [-0.25, -0.2) is 10.2 Å². The number of amides is 2. The minimum atomic E-state index is -0.516. The van der Waals surface area contributed by atoms with E-state index in [2.05, 4.69) is 38.7 Å². The summed E-state index contributed by atoms with van der Waals surface area (Å²) in [5.41, 5.74) is 3.41. The Hall–Kier alpha value is -3.20. The van der Waals surface area contributed by atoms with Crippen molar-refractivity contribution in [1.29, 1.82) is 0 Å². The van der Waals surface area contributed by atoms with Crippen LogP contribution in [-0.2, 0) is 9.59 Å². The lowest BCUT2D eigenvalue weighted by molar-refractivity contribution is -0.126. The number of hydrazone groups is 1. The Morgan fingerprint density at radius 2 is 1.61 bits per heavy atom. The van der Waals surface area contributed by atoms with Crippen LogP contribution in [0.5, 0.6) is 11.5 Å². The Balaban J connectivity index is 1.68. The van der Waals surface area contributed by atoms with Gasteiger partial charge in [-0.3, -0.25) is 9.59 Å². The van der Waals surface area contributed by atoms with Crippen LogP contribution in [0.3, 0.4) is 0 Å². The van der Waals surface area contributed by atoms with Gasteiger partial charge in [-0.2, -0.15) is 5.10 Å². The highest BCUT2D eigenvalue weighted by Gasteiger charge is 2.13. The first-order chi connectivity index (χ1) is 18.4. The number of carbonyl (C=O) groups is 3. The molecule has 0 aliphatic heterocycles. The van der Waals surface area contributed by atoms with Crippen LogP contribution in [0.15, 0.2) is 52.0 Å². The Kier molecular flexibility index (Phi) is 14.8. The van der Waals surface area contributed by atoms with Gasteiger partial charge >= 0.3 is 5.97 Å². The van der Waals surface area contributed by atoms with Crippen molar-refractivity contribution in [3.63, 3.8) is 0 Å². The molecule has 0 radical (unpaired) electrons. The van der Waals surface area contributed by atoms with E-state index in [1.165, 1.54) is 51.8 Å². The summed E-state index contributed by atoms with van der Waals surface area (Å²) >= 11 is 3.33. The van der Waals surface area contributed by atoms with Crippen molar-refractivity contribution in [3.05, 3.63) is 58.1 Å². The molecule has 9 heteroatoms. The van der Waals surface area contributed by atoms with Crippen LogP contribution < -0.4 is 20.2 Å². The maximum absolute atomic E-state index is 12.4. The summed E-state index contributed by atoms with van der Waals surface area (Å²) in [5, 5.41) is 6.54. The number of nitrogens with zero attached hydrogens (tertiary/aromatic N) is 1. The minimum absolute atomic E-state index is 0.134. The Bertz CT molecular complexity index is 1070. The van der Waals surface area contributed by atoms with Crippen molar-refractivity contribution >= 4 is 39.9 Å². The normalized spacial score (nSPS) is 10.8. The lowest BCUT2D eigenvalue weighted by Crippen LogP contribution is -2.34. The molecule has 38 heavy (non-hydrogen) atoms. The maximum Gasteiger partial charge on any atom is 0.343 e. The van der Waals surface area contributed by atoms with E-state index in [0.29, 0.717) is 23.3 Å².